The average molecular weight is 315 g/mol. The lowest BCUT2D eigenvalue weighted by Crippen LogP contribution is -2.46. The largest absolute Gasteiger partial charge is 0.330 e. The Kier molecular flexibility index (Phi) is 5.32. The maximum atomic E-state index is 13.2. The van der Waals surface area contributed by atoms with Gasteiger partial charge < -0.3 is 5.73 Å². The van der Waals surface area contributed by atoms with Crippen LogP contribution in [0.4, 0.5) is 4.39 Å². The van der Waals surface area contributed by atoms with Gasteiger partial charge in [-0.05, 0) is 43.0 Å². The fourth-order valence-corrected chi connectivity index (χ4v) is 3.93. The minimum Gasteiger partial charge on any atom is -0.330 e. The summed E-state index contributed by atoms with van der Waals surface area (Å²) in [5.41, 5.74) is 6.26. The number of nitrogens with zero attached hydrogens (tertiary/aromatic N) is 2. The number of benzene rings is 1. The Morgan fingerprint density at radius 3 is 2.62 bits per heavy atom. The predicted molar refractivity (Wildman–Crippen MR) is 80.1 cm³/mol. The molecule has 21 heavy (non-hydrogen) atoms. The maximum absolute atomic E-state index is 13.2. The van der Waals surface area contributed by atoms with Crippen LogP contribution in [-0.2, 0) is 16.8 Å². The molecule has 1 heterocycles. The van der Waals surface area contributed by atoms with Crippen LogP contribution in [0.25, 0.3) is 0 Å². The molecule has 1 saturated heterocycles. The molecule has 0 aliphatic carbocycles. The molecule has 0 spiro atoms. The van der Waals surface area contributed by atoms with Gasteiger partial charge in [0.2, 0.25) is 0 Å². The van der Waals surface area contributed by atoms with Crippen molar-refractivity contribution in [3.8, 4) is 0 Å². The SMILES string of the molecule is CN(Cc1cccc(F)c1)S(=O)(=O)N1CCC(CN)CC1. The van der Waals surface area contributed by atoms with Crippen molar-refractivity contribution < 1.29 is 12.8 Å². The molecule has 118 valence electrons. The van der Waals surface area contributed by atoms with Gasteiger partial charge in [-0.15, -0.1) is 0 Å². The fourth-order valence-electron chi connectivity index (χ4n) is 2.55. The van der Waals surface area contributed by atoms with E-state index < -0.39 is 10.2 Å². The monoisotopic (exact) mass is 315 g/mol. The van der Waals surface area contributed by atoms with Gasteiger partial charge in [0, 0.05) is 26.7 Å². The Hall–Kier alpha value is -1.02. The van der Waals surface area contributed by atoms with E-state index in [2.05, 4.69) is 0 Å². The second-order valence-electron chi connectivity index (χ2n) is 5.47. The molecule has 1 aromatic rings. The summed E-state index contributed by atoms with van der Waals surface area (Å²) in [4.78, 5) is 0. The normalized spacial score (nSPS) is 18.3. The molecule has 0 aromatic heterocycles. The molecule has 0 unspecified atom stereocenters. The Labute approximate surface area is 125 Å². The van der Waals surface area contributed by atoms with Crippen LogP contribution in [0.2, 0.25) is 0 Å². The van der Waals surface area contributed by atoms with E-state index in [1.165, 1.54) is 27.8 Å². The standard InChI is InChI=1S/C14H22FN3O2S/c1-17(11-13-3-2-4-14(15)9-13)21(19,20)18-7-5-12(10-16)6-8-18/h2-4,9,12H,5-8,10-11,16H2,1H3. The van der Waals surface area contributed by atoms with Gasteiger partial charge in [-0.2, -0.15) is 17.0 Å². The lowest BCUT2D eigenvalue weighted by atomic mass is 9.99. The smallest absolute Gasteiger partial charge is 0.282 e. The van der Waals surface area contributed by atoms with Crippen molar-refractivity contribution in [1.29, 1.82) is 0 Å². The second-order valence-corrected chi connectivity index (χ2v) is 7.51. The number of halogens is 1. The molecular formula is C14H22FN3O2S. The summed E-state index contributed by atoms with van der Waals surface area (Å²) < 4.78 is 40.9. The van der Waals surface area contributed by atoms with Gasteiger partial charge in [-0.3, -0.25) is 0 Å². The molecule has 1 aromatic carbocycles. The first-order chi connectivity index (χ1) is 9.93. The first-order valence-corrected chi connectivity index (χ1v) is 8.49. The molecule has 7 heteroatoms. The van der Waals surface area contributed by atoms with Gasteiger partial charge in [0.25, 0.3) is 10.2 Å². The van der Waals surface area contributed by atoms with Gasteiger partial charge >= 0.3 is 0 Å². The van der Waals surface area contributed by atoms with E-state index in [0.717, 1.165) is 12.8 Å². The zero-order valence-electron chi connectivity index (χ0n) is 12.2. The minimum absolute atomic E-state index is 0.164. The van der Waals surface area contributed by atoms with E-state index in [4.69, 9.17) is 5.73 Å². The zero-order valence-corrected chi connectivity index (χ0v) is 13.0. The maximum Gasteiger partial charge on any atom is 0.282 e. The van der Waals surface area contributed by atoms with Crippen LogP contribution in [0.15, 0.2) is 24.3 Å². The molecule has 1 aliphatic rings. The third-order valence-corrected chi connectivity index (χ3v) is 5.86. The van der Waals surface area contributed by atoms with Gasteiger partial charge in [0.05, 0.1) is 0 Å². The summed E-state index contributed by atoms with van der Waals surface area (Å²) in [6.45, 7) is 1.76. The summed E-state index contributed by atoms with van der Waals surface area (Å²) in [7, 11) is -1.98. The lowest BCUT2D eigenvalue weighted by molar-refractivity contribution is 0.262. The van der Waals surface area contributed by atoms with Crippen molar-refractivity contribution in [3.05, 3.63) is 35.6 Å². The predicted octanol–water partition coefficient (Wildman–Crippen LogP) is 1.17. The van der Waals surface area contributed by atoms with E-state index in [1.54, 1.807) is 12.1 Å². The number of piperidine rings is 1. The molecule has 0 amide bonds. The van der Waals surface area contributed by atoms with E-state index in [-0.39, 0.29) is 12.4 Å². The Morgan fingerprint density at radius 2 is 2.05 bits per heavy atom. The minimum atomic E-state index is -3.50. The zero-order chi connectivity index (χ0) is 15.5. The van der Waals surface area contributed by atoms with Crippen molar-refractivity contribution in [2.45, 2.75) is 19.4 Å². The van der Waals surface area contributed by atoms with Crippen LogP contribution in [0.1, 0.15) is 18.4 Å². The number of rotatable bonds is 5. The van der Waals surface area contributed by atoms with Crippen LogP contribution in [0.5, 0.6) is 0 Å². The summed E-state index contributed by atoms with van der Waals surface area (Å²) in [5, 5.41) is 0. The highest BCUT2D eigenvalue weighted by molar-refractivity contribution is 7.86. The van der Waals surface area contributed by atoms with Crippen LogP contribution in [-0.4, -0.2) is 43.7 Å². The lowest BCUT2D eigenvalue weighted by Gasteiger charge is -2.33. The highest BCUT2D eigenvalue weighted by Crippen LogP contribution is 2.21. The van der Waals surface area contributed by atoms with Gasteiger partial charge in [0.1, 0.15) is 5.82 Å². The van der Waals surface area contributed by atoms with Crippen molar-refractivity contribution >= 4 is 10.2 Å². The van der Waals surface area contributed by atoms with Crippen molar-refractivity contribution in [2.24, 2.45) is 11.7 Å². The van der Waals surface area contributed by atoms with Gasteiger partial charge in [0.15, 0.2) is 0 Å². The number of hydrogen-bond donors (Lipinski definition) is 1. The molecule has 0 radical (unpaired) electrons. The van der Waals surface area contributed by atoms with Crippen molar-refractivity contribution in [1.82, 2.24) is 8.61 Å². The highest BCUT2D eigenvalue weighted by Gasteiger charge is 2.30. The molecule has 0 saturated carbocycles. The molecule has 2 rings (SSSR count). The Morgan fingerprint density at radius 1 is 1.38 bits per heavy atom. The first-order valence-electron chi connectivity index (χ1n) is 7.09. The molecule has 5 nitrogen and oxygen atoms in total. The quantitative estimate of drug-likeness (QED) is 0.887. The first kappa shape index (κ1) is 16.4. The fraction of sp³-hybridized carbons (Fsp3) is 0.571. The van der Waals surface area contributed by atoms with Crippen molar-refractivity contribution in [3.63, 3.8) is 0 Å². The van der Waals surface area contributed by atoms with E-state index in [0.29, 0.717) is 31.1 Å². The summed E-state index contributed by atoms with van der Waals surface area (Å²) >= 11 is 0. The average Bonchev–Trinajstić information content (AvgIpc) is 2.47. The number of nitrogens with two attached hydrogens (primary N) is 1. The summed E-state index contributed by atoms with van der Waals surface area (Å²) in [5.74, 6) is 0.0482. The van der Waals surface area contributed by atoms with E-state index >= 15 is 0 Å². The van der Waals surface area contributed by atoms with Crippen LogP contribution >= 0.6 is 0 Å². The molecule has 0 bridgehead atoms. The van der Waals surface area contributed by atoms with Crippen molar-refractivity contribution in [2.75, 3.05) is 26.7 Å². The molecule has 1 aliphatic heterocycles. The molecular weight excluding hydrogens is 293 g/mol. The molecule has 0 atom stereocenters. The van der Waals surface area contributed by atoms with E-state index in [1.807, 2.05) is 0 Å². The topological polar surface area (TPSA) is 66.6 Å². The van der Waals surface area contributed by atoms with Gasteiger partial charge in [-0.1, -0.05) is 12.1 Å². The van der Waals surface area contributed by atoms with E-state index in [9.17, 15) is 12.8 Å². The molecule has 2 N–H and O–H groups in total. The summed E-state index contributed by atoms with van der Waals surface area (Å²) in [6, 6.07) is 6.00. The van der Waals surface area contributed by atoms with Gasteiger partial charge in [-0.25, -0.2) is 4.39 Å². The summed E-state index contributed by atoms with van der Waals surface area (Å²) in [6.07, 6.45) is 1.59. The Bertz CT molecular complexity index is 571. The third kappa shape index (κ3) is 4.00. The highest BCUT2D eigenvalue weighted by atomic mass is 32.2. The second kappa shape index (κ2) is 6.83. The third-order valence-electron chi connectivity index (χ3n) is 3.92. The van der Waals surface area contributed by atoms with Crippen LogP contribution in [0, 0.1) is 11.7 Å². The number of hydrogen-bond acceptors (Lipinski definition) is 3. The van der Waals surface area contributed by atoms with Crippen LogP contribution in [0.3, 0.4) is 0 Å². The van der Waals surface area contributed by atoms with Crippen LogP contribution < -0.4 is 5.73 Å². The molecule has 1 fully saturated rings. The Balaban J connectivity index is 2.02.